The molecule has 2 amide bonds. The zero-order valence-electron chi connectivity index (χ0n) is 10.7. The van der Waals surface area contributed by atoms with Gasteiger partial charge in [0.1, 0.15) is 0 Å². The van der Waals surface area contributed by atoms with Gasteiger partial charge in [0.05, 0.1) is 29.3 Å². The molecule has 0 bridgehead atoms. The molecule has 0 aliphatic carbocycles. The summed E-state index contributed by atoms with van der Waals surface area (Å²) in [4.78, 5) is 26.3. The molecule has 0 aromatic carbocycles. The van der Waals surface area contributed by atoms with Gasteiger partial charge in [0.2, 0.25) is 0 Å². The SMILES string of the molecule is CCn1cc(NC(=O)Nc2cncc(C(=O)O)c2)cn1. The summed E-state index contributed by atoms with van der Waals surface area (Å²) in [7, 11) is 0. The molecule has 0 aliphatic heterocycles. The van der Waals surface area contributed by atoms with E-state index in [-0.39, 0.29) is 5.56 Å². The van der Waals surface area contributed by atoms with Gasteiger partial charge in [-0.05, 0) is 13.0 Å². The van der Waals surface area contributed by atoms with Crippen LogP contribution in [0.2, 0.25) is 0 Å². The molecular formula is C12H13N5O3. The predicted molar refractivity (Wildman–Crippen MR) is 71.7 cm³/mol. The first-order valence-corrected chi connectivity index (χ1v) is 5.87. The van der Waals surface area contributed by atoms with E-state index in [2.05, 4.69) is 20.7 Å². The lowest BCUT2D eigenvalue weighted by Crippen LogP contribution is -2.19. The number of carboxylic acids is 1. The summed E-state index contributed by atoms with van der Waals surface area (Å²) in [5.41, 5.74) is 0.846. The molecule has 0 unspecified atom stereocenters. The van der Waals surface area contributed by atoms with Crippen molar-refractivity contribution < 1.29 is 14.7 Å². The molecule has 20 heavy (non-hydrogen) atoms. The zero-order chi connectivity index (χ0) is 14.5. The summed E-state index contributed by atoms with van der Waals surface area (Å²) >= 11 is 0. The van der Waals surface area contributed by atoms with E-state index >= 15 is 0 Å². The Kier molecular flexibility index (Phi) is 3.94. The van der Waals surface area contributed by atoms with Crippen LogP contribution < -0.4 is 10.6 Å². The van der Waals surface area contributed by atoms with Crippen molar-refractivity contribution in [1.82, 2.24) is 14.8 Å². The smallest absolute Gasteiger partial charge is 0.337 e. The van der Waals surface area contributed by atoms with E-state index in [1.807, 2.05) is 6.92 Å². The number of hydrogen-bond donors (Lipinski definition) is 3. The van der Waals surface area contributed by atoms with E-state index in [0.29, 0.717) is 17.9 Å². The van der Waals surface area contributed by atoms with Gasteiger partial charge in [-0.25, -0.2) is 9.59 Å². The van der Waals surface area contributed by atoms with E-state index in [1.54, 1.807) is 10.9 Å². The van der Waals surface area contributed by atoms with Gasteiger partial charge < -0.3 is 15.7 Å². The number of aromatic nitrogens is 3. The quantitative estimate of drug-likeness (QED) is 0.785. The van der Waals surface area contributed by atoms with Crippen molar-refractivity contribution >= 4 is 23.4 Å². The second kappa shape index (κ2) is 5.83. The van der Waals surface area contributed by atoms with Gasteiger partial charge in [-0.3, -0.25) is 9.67 Å². The van der Waals surface area contributed by atoms with Gasteiger partial charge in [0.15, 0.2) is 0 Å². The molecule has 0 radical (unpaired) electrons. The molecule has 104 valence electrons. The Labute approximate surface area is 114 Å². The number of anilines is 2. The molecule has 0 spiro atoms. The van der Waals surface area contributed by atoms with Crippen LogP contribution in [0, 0.1) is 0 Å². The first-order chi connectivity index (χ1) is 9.58. The van der Waals surface area contributed by atoms with Crippen molar-refractivity contribution in [3.8, 4) is 0 Å². The maximum atomic E-state index is 11.7. The number of nitrogens with one attached hydrogen (secondary N) is 2. The number of carbonyl (C=O) groups is 2. The molecule has 8 heteroatoms. The largest absolute Gasteiger partial charge is 0.478 e. The summed E-state index contributed by atoms with van der Waals surface area (Å²) < 4.78 is 1.67. The van der Waals surface area contributed by atoms with Gasteiger partial charge in [-0.15, -0.1) is 0 Å². The number of aromatic carboxylic acids is 1. The summed E-state index contributed by atoms with van der Waals surface area (Å²) in [6, 6.07) is 0.828. The lowest BCUT2D eigenvalue weighted by atomic mass is 10.3. The highest BCUT2D eigenvalue weighted by atomic mass is 16.4. The Balaban J connectivity index is 2.00. The van der Waals surface area contributed by atoms with E-state index in [9.17, 15) is 9.59 Å². The molecule has 3 N–H and O–H groups in total. The Bertz CT molecular complexity index is 638. The fourth-order valence-electron chi connectivity index (χ4n) is 1.52. The number of carboxylic acid groups (broad SMARTS) is 1. The fraction of sp³-hybridized carbons (Fsp3) is 0.167. The maximum Gasteiger partial charge on any atom is 0.337 e. The fourth-order valence-corrected chi connectivity index (χ4v) is 1.52. The summed E-state index contributed by atoms with van der Waals surface area (Å²) in [5, 5.41) is 17.9. The number of aryl methyl sites for hydroxylation is 1. The second-order valence-electron chi connectivity index (χ2n) is 3.93. The van der Waals surface area contributed by atoms with Gasteiger partial charge in [0.25, 0.3) is 0 Å². The molecular weight excluding hydrogens is 262 g/mol. The Morgan fingerprint density at radius 1 is 1.25 bits per heavy atom. The standard InChI is InChI=1S/C12H13N5O3/c1-2-17-7-10(6-14-17)16-12(20)15-9-3-8(11(18)19)4-13-5-9/h3-7H,2H2,1H3,(H,18,19)(H2,15,16,20). The highest BCUT2D eigenvalue weighted by molar-refractivity contribution is 6.00. The van der Waals surface area contributed by atoms with Crippen LogP contribution in [-0.4, -0.2) is 31.9 Å². The van der Waals surface area contributed by atoms with E-state index in [4.69, 9.17) is 5.11 Å². The van der Waals surface area contributed by atoms with Crippen LogP contribution in [0.25, 0.3) is 0 Å². The molecule has 2 rings (SSSR count). The molecule has 2 heterocycles. The van der Waals surface area contributed by atoms with Crippen molar-refractivity contribution in [2.75, 3.05) is 10.6 Å². The first kappa shape index (κ1) is 13.5. The van der Waals surface area contributed by atoms with Crippen molar-refractivity contribution in [3.05, 3.63) is 36.4 Å². The molecule has 0 fully saturated rings. The number of pyridine rings is 1. The molecule has 8 nitrogen and oxygen atoms in total. The summed E-state index contributed by atoms with van der Waals surface area (Å²) in [6.45, 7) is 2.63. The third-order valence-electron chi connectivity index (χ3n) is 2.46. The van der Waals surface area contributed by atoms with Crippen molar-refractivity contribution in [3.63, 3.8) is 0 Å². The number of amides is 2. The van der Waals surface area contributed by atoms with Crippen LogP contribution in [-0.2, 0) is 6.54 Å². The molecule has 2 aromatic heterocycles. The Hall–Kier alpha value is -2.90. The van der Waals surface area contributed by atoms with Crippen LogP contribution in [0.1, 0.15) is 17.3 Å². The van der Waals surface area contributed by atoms with E-state index < -0.39 is 12.0 Å². The third-order valence-corrected chi connectivity index (χ3v) is 2.46. The molecule has 0 saturated heterocycles. The lowest BCUT2D eigenvalue weighted by Gasteiger charge is -2.05. The maximum absolute atomic E-state index is 11.7. The minimum absolute atomic E-state index is 0.00148. The first-order valence-electron chi connectivity index (χ1n) is 5.87. The number of hydrogen-bond acceptors (Lipinski definition) is 4. The zero-order valence-corrected chi connectivity index (χ0v) is 10.7. The summed E-state index contributed by atoms with van der Waals surface area (Å²) in [5.74, 6) is -1.11. The van der Waals surface area contributed by atoms with Crippen molar-refractivity contribution in [1.29, 1.82) is 0 Å². The number of nitrogens with zero attached hydrogens (tertiary/aromatic N) is 3. The van der Waals surface area contributed by atoms with Crippen LogP contribution in [0.15, 0.2) is 30.9 Å². The van der Waals surface area contributed by atoms with Gasteiger partial charge in [0, 0.05) is 18.9 Å². The van der Waals surface area contributed by atoms with Crippen LogP contribution in [0.3, 0.4) is 0 Å². The number of rotatable bonds is 4. The minimum atomic E-state index is -1.11. The van der Waals surface area contributed by atoms with Gasteiger partial charge in [-0.2, -0.15) is 5.10 Å². The van der Waals surface area contributed by atoms with Crippen molar-refractivity contribution in [2.24, 2.45) is 0 Å². The Morgan fingerprint density at radius 2 is 2.00 bits per heavy atom. The van der Waals surface area contributed by atoms with Crippen LogP contribution in [0.5, 0.6) is 0 Å². The predicted octanol–water partition coefficient (Wildman–Crippen LogP) is 1.64. The monoisotopic (exact) mass is 275 g/mol. The number of carbonyl (C=O) groups excluding carboxylic acids is 1. The van der Waals surface area contributed by atoms with E-state index in [1.165, 1.54) is 24.7 Å². The Morgan fingerprint density at radius 3 is 2.65 bits per heavy atom. The highest BCUT2D eigenvalue weighted by Gasteiger charge is 2.08. The molecule has 0 saturated carbocycles. The third kappa shape index (κ3) is 3.31. The molecule has 2 aromatic rings. The lowest BCUT2D eigenvalue weighted by molar-refractivity contribution is 0.0696. The molecule has 0 atom stereocenters. The van der Waals surface area contributed by atoms with Gasteiger partial charge in [-0.1, -0.05) is 0 Å². The normalized spacial score (nSPS) is 10.1. The van der Waals surface area contributed by atoms with Crippen molar-refractivity contribution in [2.45, 2.75) is 13.5 Å². The van der Waals surface area contributed by atoms with Crippen LogP contribution in [0.4, 0.5) is 16.2 Å². The van der Waals surface area contributed by atoms with Crippen LogP contribution >= 0.6 is 0 Å². The average molecular weight is 275 g/mol. The van der Waals surface area contributed by atoms with Gasteiger partial charge >= 0.3 is 12.0 Å². The molecule has 0 aliphatic rings. The topological polar surface area (TPSA) is 109 Å². The minimum Gasteiger partial charge on any atom is -0.478 e. The van der Waals surface area contributed by atoms with E-state index in [0.717, 1.165) is 0 Å². The second-order valence-corrected chi connectivity index (χ2v) is 3.93. The summed E-state index contributed by atoms with van der Waals surface area (Å²) in [6.07, 6.45) is 5.78. The average Bonchev–Trinajstić information content (AvgIpc) is 2.86. The number of urea groups is 1. The highest BCUT2D eigenvalue weighted by Crippen LogP contribution is 2.10.